The smallest absolute Gasteiger partial charge is 0.264 e. The quantitative estimate of drug-likeness (QED) is 0.424. The summed E-state index contributed by atoms with van der Waals surface area (Å²) in [6, 6.07) is 16.5. The van der Waals surface area contributed by atoms with Crippen molar-refractivity contribution < 1.29 is 14.7 Å². The number of benzene rings is 3. The van der Waals surface area contributed by atoms with Gasteiger partial charge in [0.25, 0.3) is 5.91 Å². The van der Waals surface area contributed by atoms with Crippen molar-refractivity contribution in [3.8, 4) is 0 Å². The third-order valence-corrected chi connectivity index (χ3v) is 6.81. The van der Waals surface area contributed by atoms with Gasteiger partial charge in [-0.25, -0.2) is 0 Å². The number of carbonyl (C=O) groups excluding carboxylic acids is 2. The average Bonchev–Trinajstić information content (AvgIpc) is 2.90. The van der Waals surface area contributed by atoms with E-state index in [1.807, 2.05) is 57.2 Å². The molecule has 1 aliphatic rings. The van der Waals surface area contributed by atoms with Crippen LogP contribution < -0.4 is 4.90 Å². The summed E-state index contributed by atoms with van der Waals surface area (Å²) in [6.07, 6.45) is -0.334. The minimum Gasteiger partial charge on any atom is -0.375 e. The van der Waals surface area contributed by atoms with E-state index in [0.717, 1.165) is 26.7 Å². The molecule has 0 saturated carbocycles. The van der Waals surface area contributed by atoms with Gasteiger partial charge in [0.05, 0.1) is 18.7 Å². The van der Waals surface area contributed by atoms with Crippen molar-refractivity contribution in [3.63, 3.8) is 0 Å². The summed E-state index contributed by atoms with van der Waals surface area (Å²) in [5, 5.41) is 12.2. The van der Waals surface area contributed by atoms with E-state index in [1.54, 1.807) is 18.2 Å². The van der Waals surface area contributed by atoms with Crippen LogP contribution in [0.3, 0.4) is 0 Å². The van der Waals surface area contributed by atoms with Crippen LogP contribution in [-0.2, 0) is 16.9 Å². The molecule has 6 heteroatoms. The predicted octanol–water partition coefficient (Wildman–Crippen LogP) is 6.04. The Morgan fingerprint density at radius 2 is 1.72 bits per heavy atom. The van der Waals surface area contributed by atoms with Gasteiger partial charge >= 0.3 is 0 Å². The van der Waals surface area contributed by atoms with Gasteiger partial charge in [-0.15, -0.1) is 0 Å². The molecule has 4 rings (SSSR count). The van der Waals surface area contributed by atoms with E-state index in [0.29, 0.717) is 21.8 Å². The van der Waals surface area contributed by atoms with Crippen LogP contribution in [0.2, 0.25) is 5.02 Å². The Balaban J connectivity index is 1.75. The number of nitrogens with zero attached hydrogens (tertiary/aromatic N) is 1. The molecule has 0 aliphatic carbocycles. The van der Waals surface area contributed by atoms with E-state index < -0.39 is 11.5 Å². The van der Waals surface area contributed by atoms with Gasteiger partial charge in [0.15, 0.2) is 11.4 Å². The average molecular weight is 513 g/mol. The van der Waals surface area contributed by atoms with E-state index >= 15 is 0 Å². The number of Topliss-reactive ketones (excluding diaryl/α,β-unsaturated/α-hetero) is 1. The topological polar surface area (TPSA) is 57.6 Å². The number of anilines is 1. The van der Waals surface area contributed by atoms with Crippen LogP contribution in [0.15, 0.2) is 59.1 Å². The number of aliphatic hydroxyl groups is 1. The summed E-state index contributed by atoms with van der Waals surface area (Å²) >= 11 is 9.75. The molecule has 1 heterocycles. The highest BCUT2D eigenvalue weighted by Crippen LogP contribution is 2.45. The lowest BCUT2D eigenvalue weighted by atomic mass is 9.85. The number of fused-ring (bicyclic) bond motifs is 1. The maximum atomic E-state index is 13.6. The van der Waals surface area contributed by atoms with E-state index in [1.165, 1.54) is 4.90 Å². The Bertz CT molecular complexity index is 1230. The summed E-state index contributed by atoms with van der Waals surface area (Å²) in [5.41, 5.74) is 3.09. The maximum absolute atomic E-state index is 13.6. The highest BCUT2D eigenvalue weighted by Gasteiger charge is 2.51. The first-order chi connectivity index (χ1) is 15.1. The highest BCUT2D eigenvalue weighted by molar-refractivity contribution is 9.10. The second-order valence-electron chi connectivity index (χ2n) is 8.38. The van der Waals surface area contributed by atoms with Crippen LogP contribution >= 0.6 is 27.5 Å². The molecule has 1 amide bonds. The fourth-order valence-electron chi connectivity index (χ4n) is 4.59. The minimum absolute atomic E-state index is 0.201. The Labute approximate surface area is 201 Å². The molecule has 1 aliphatic heterocycles. The standard InChI is InChI=1S/C26H23BrClNO3/c1-15-10-16(2)24(17(3)11-15)23(30)13-26(32)20-12-19(27)8-9-22(20)29(25(26)31)14-18-6-4-5-7-21(18)28/h4-12,32H,13-14H2,1-3H3. The molecule has 164 valence electrons. The summed E-state index contributed by atoms with van der Waals surface area (Å²) in [5.74, 6) is -0.789. The van der Waals surface area contributed by atoms with Crippen LogP contribution in [-0.4, -0.2) is 16.8 Å². The first-order valence-electron chi connectivity index (χ1n) is 10.3. The second-order valence-corrected chi connectivity index (χ2v) is 9.70. The van der Waals surface area contributed by atoms with Crippen LogP contribution in [0, 0.1) is 20.8 Å². The number of hydrogen-bond acceptors (Lipinski definition) is 3. The third kappa shape index (κ3) is 3.90. The molecule has 0 spiro atoms. The lowest BCUT2D eigenvalue weighted by Gasteiger charge is -2.24. The normalized spacial score (nSPS) is 17.6. The first-order valence-corrected chi connectivity index (χ1v) is 11.5. The van der Waals surface area contributed by atoms with Crippen molar-refractivity contribution >= 4 is 44.9 Å². The zero-order valence-electron chi connectivity index (χ0n) is 18.1. The number of amides is 1. The lowest BCUT2D eigenvalue weighted by Crippen LogP contribution is -2.41. The largest absolute Gasteiger partial charge is 0.375 e. The van der Waals surface area contributed by atoms with E-state index in [9.17, 15) is 14.7 Å². The summed E-state index contributed by atoms with van der Waals surface area (Å²) in [4.78, 5) is 28.4. The molecule has 32 heavy (non-hydrogen) atoms. The van der Waals surface area contributed by atoms with Crippen LogP contribution in [0.1, 0.15) is 44.6 Å². The number of halogens is 2. The molecular weight excluding hydrogens is 490 g/mol. The van der Waals surface area contributed by atoms with Crippen molar-refractivity contribution in [3.05, 3.63) is 97.5 Å². The number of carbonyl (C=O) groups is 2. The molecule has 0 bridgehead atoms. The molecule has 3 aromatic rings. The monoisotopic (exact) mass is 511 g/mol. The lowest BCUT2D eigenvalue weighted by molar-refractivity contribution is -0.136. The minimum atomic E-state index is -1.96. The van der Waals surface area contributed by atoms with Crippen molar-refractivity contribution in [2.45, 2.75) is 39.3 Å². The molecule has 1 atom stereocenters. The Morgan fingerprint density at radius 1 is 1.06 bits per heavy atom. The molecular formula is C26H23BrClNO3. The van der Waals surface area contributed by atoms with Crippen molar-refractivity contribution in [1.29, 1.82) is 0 Å². The maximum Gasteiger partial charge on any atom is 0.264 e. The van der Waals surface area contributed by atoms with E-state index in [-0.39, 0.29) is 18.7 Å². The summed E-state index contributed by atoms with van der Waals surface area (Å²) < 4.78 is 0.720. The first kappa shape index (κ1) is 22.7. The van der Waals surface area contributed by atoms with Crippen molar-refractivity contribution in [1.82, 2.24) is 0 Å². The van der Waals surface area contributed by atoms with Crippen LogP contribution in [0.5, 0.6) is 0 Å². The zero-order valence-corrected chi connectivity index (χ0v) is 20.4. The molecule has 1 N–H and O–H groups in total. The van der Waals surface area contributed by atoms with Gasteiger partial charge in [-0.3, -0.25) is 9.59 Å². The molecule has 0 fully saturated rings. The Morgan fingerprint density at radius 3 is 2.38 bits per heavy atom. The molecule has 0 radical (unpaired) electrons. The Kier molecular flexibility index (Phi) is 6.01. The number of ketones is 1. The summed E-state index contributed by atoms with van der Waals surface area (Å²) in [7, 11) is 0. The third-order valence-electron chi connectivity index (χ3n) is 5.95. The highest BCUT2D eigenvalue weighted by atomic mass is 79.9. The molecule has 4 nitrogen and oxygen atoms in total. The van der Waals surface area contributed by atoms with Crippen molar-refractivity contribution in [2.75, 3.05) is 4.90 Å². The van der Waals surface area contributed by atoms with Gasteiger partial charge in [0.1, 0.15) is 0 Å². The predicted molar refractivity (Wildman–Crippen MR) is 130 cm³/mol. The van der Waals surface area contributed by atoms with E-state index in [2.05, 4.69) is 15.9 Å². The van der Waals surface area contributed by atoms with Gasteiger partial charge in [-0.1, -0.05) is 63.4 Å². The fourth-order valence-corrected chi connectivity index (χ4v) is 5.14. The van der Waals surface area contributed by atoms with Crippen molar-refractivity contribution in [2.24, 2.45) is 0 Å². The zero-order chi connectivity index (χ0) is 23.2. The fraction of sp³-hybridized carbons (Fsp3) is 0.231. The molecule has 0 aromatic heterocycles. The van der Waals surface area contributed by atoms with Gasteiger partial charge in [0.2, 0.25) is 0 Å². The van der Waals surface area contributed by atoms with Gasteiger partial charge in [-0.2, -0.15) is 0 Å². The molecule has 3 aromatic carbocycles. The SMILES string of the molecule is Cc1cc(C)c(C(=O)CC2(O)C(=O)N(Cc3ccccc3Cl)c3ccc(Br)cc32)c(C)c1. The molecule has 1 unspecified atom stereocenters. The van der Waals surface area contributed by atoms with Crippen LogP contribution in [0.4, 0.5) is 5.69 Å². The summed E-state index contributed by atoms with van der Waals surface area (Å²) in [6.45, 7) is 5.93. The Hall–Kier alpha value is -2.47. The van der Waals surface area contributed by atoms with Gasteiger partial charge in [0, 0.05) is 20.6 Å². The van der Waals surface area contributed by atoms with Gasteiger partial charge < -0.3 is 10.0 Å². The van der Waals surface area contributed by atoms with E-state index in [4.69, 9.17) is 11.6 Å². The number of hydrogen-bond donors (Lipinski definition) is 1. The number of rotatable bonds is 5. The number of aryl methyl sites for hydroxylation is 3. The van der Waals surface area contributed by atoms with Gasteiger partial charge in [-0.05, 0) is 61.7 Å². The second kappa shape index (κ2) is 8.47. The van der Waals surface area contributed by atoms with Crippen LogP contribution in [0.25, 0.3) is 0 Å². The molecule has 0 saturated heterocycles.